The fourth-order valence-corrected chi connectivity index (χ4v) is 3.91. The highest BCUT2D eigenvalue weighted by Gasteiger charge is 2.75. The number of Topliss-reactive ketones (excluding diaryl/α,β-unsaturated/α-hetero) is 1. The third-order valence-electron chi connectivity index (χ3n) is 5.43. The monoisotopic (exact) mass is 412 g/mol. The van der Waals surface area contributed by atoms with E-state index in [0.29, 0.717) is 0 Å². The van der Waals surface area contributed by atoms with Gasteiger partial charge in [0, 0.05) is 26.7 Å². The Labute approximate surface area is 166 Å². The van der Waals surface area contributed by atoms with E-state index in [2.05, 4.69) is 0 Å². The van der Waals surface area contributed by atoms with Gasteiger partial charge in [-0.3, -0.25) is 14.4 Å². The number of hydrogen-bond acceptors (Lipinski definition) is 10. The second kappa shape index (κ2) is 6.89. The molecule has 0 radical (unpaired) electrons. The molecule has 1 spiro atoms. The highest BCUT2D eigenvalue weighted by atomic mass is 16.8. The van der Waals surface area contributed by atoms with Crippen molar-refractivity contribution in [2.24, 2.45) is 0 Å². The zero-order valence-electron chi connectivity index (χ0n) is 16.6. The molecule has 10 nitrogen and oxygen atoms in total. The Morgan fingerprint density at radius 1 is 1.17 bits per heavy atom. The van der Waals surface area contributed by atoms with E-state index in [4.69, 9.17) is 18.9 Å². The normalized spacial score (nSPS) is 39.2. The maximum absolute atomic E-state index is 12.5. The van der Waals surface area contributed by atoms with E-state index in [1.165, 1.54) is 13.8 Å². The molecule has 2 aliphatic heterocycles. The van der Waals surface area contributed by atoms with E-state index in [9.17, 15) is 29.4 Å². The van der Waals surface area contributed by atoms with Gasteiger partial charge in [-0.05, 0) is 20.3 Å². The molecule has 0 aromatic carbocycles. The molecule has 0 aromatic rings. The summed E-state index contributed by atoms with van der Waals surface area (Å²) in [5, 5.41) is 21.5. The van der Waals surface area contributed by atoms with Crippen LogP contribution in [-0.4, -0.2) is 69.7 Å². The molecule has 3 rings (SSSR count). The topological polar surface area (TPSA) is 149 Å². The van der Waals surface area contributed by atoms with Gasteiger partial charge in [-0.25, -0.2) is 4.79 Å². The lowest BCUT2D eigenvalue weighted by Gasteiger charge is -2.32. The first-order valence-electron chi connectivity index (χ1n) is 9.23. The van der Waals surface area contributed by atoms with Crippen LogP contribution in [0, 0.1) is 0 Å². The van der Waals surface area contributed by atoms with Crippen molar-refractivity contribution in [1.29, 1.82) is 0 Å². The van der Waals surface area contributed by atoms with E-state index >= 15 is 0 Å². The number of rotatable bonds is 3. The number of carbonyl (C=O) groups is 4. The molecule has 2 heterocycles. The number of epoxide rings is 1. The average molecular weight is 412 g/mol. The summed E-state index contributed by atoms with van der Waals surface area (Å²) in [5.41, 5.74) is -3.58. The van der Waals surface area contributed by atoms with E-state index in [1.807, 2.05) is 0 Å². The molecule has 2 N–H and O–H groups in total. The number of ketones is 1. The number of esters is 3. The fraction of sp³-hybridized carbons (Fsp3) is 0.684. The molecule has 1 saturated heterocycles. The van der Waals surface area contributed by atoms with Crippen LogP contribution < -0.4 is 0 Å². The minimum Gasteiger partial charge on any atom is -0.461 e. The van der Waals surface area contributed by atoms with Gasteiger partial charge in [0.25, 0.3) is 5.79 Å². The third-order valence-corrected chi connectivity index (χ3v) is 5.43. The number of aliphatic hydroxyl groups is 2. The van der Waals surface area contributed by atoms with E-state index in [1.54, 1.807) is 0 Å². The molecule has 0 amide bonds. The molecule has 2 fully saturated rings. The van der Waals surface area contributed by atoms with Crippen molar-refractivity contribution in [3.8, 4) is 0 Å². The standard InChI is InChI=1S/C19H24O10/c1-9(20)26-8-11-14-12(27-10(2)21)7-18(4,25)13(22)5-6-17(3,24)16-19(14,29-16)28-15(11)23/h12,16,24-25H,5-8H2,1-4H3/t12-,16+,17+,18+,19+/m0/s1. The predicted octanol–water partition coefficient (Wildman–Crippen LogP) is -0.315. The van der Waals surface area contributed by atoms with Crippen molar-refractivity contribution in [2.45, 2.75) is 76.2 Å². The maximum atomic E-state index is 12.5. The molecule has 1 aliphatic carbocycles. The predicted molar refractivity (Wildman–Crippen MR) is 93.0 cm³/mol. The Bertz CT molecular complexity index is 808. The zero-order chi connectivity index (χ0) is 21.8. The Kier molecular flexibility index (Phi) is 5.09. The zero-order valence-corrected chi connectivity index (χ0v) is 16.6. The first-order valence-corrected chi connectivity index (χ1v) is 9.23. The van der Waals surface area contributed by atoms with Gasteiger partial charge >= 0.3 is 17.9 Å². The van der Waals surface area contributed by atoms with Gasteiger partial charge in [-0.15, -0.1) is 0 Å². The van der Waals surface area contributed by atoms with Gasteiger partial charge in [0.15, 0.2) is 11.9 Å². The molecular formula is C19H24O10. The van der Waals surface area contributed by atoms with Gasteiger partial charge in [0.2, 0.25) is 0 Å². The second-order valence-corrected chi connectivity index (χ2v) is 8.08. The Hall–Kier alpha value is -2.30. The molecule has 29 heavy (non-hydrogen) atoms. The number of hydrogen-bond donors (Lipinski definition) is 2. The van der Waals surface area contributed by atoms with Crippen LogP contribution >= 0.6 is 0 Å². The van der Waals surface area contributed by atoms with Crippen molar-refractivity contribution in [3.63, 3.8) is 0 Å². The molecule has 160 valence electrons. The summed E-state index contributed by atoms with van der Waals surface area (Å²) in [6.07, 6.45) is -2.85. The quantitative estimate of drug-likeness (QED) is 0.359. The number of ether oxygens (including phenoxy) is 4. The summed E-state index contributed by atoms with van der Waals surface area (Å²) in [5.74, 6) is -4.52. The van der Waals surface area contributed by atoms with Crippen LogP contribution in [0.3, 0.4) is 0 Å². The Morgan fingerprint density at radius 3 is 2.41 bits per heavy atom. The average Bonchev–Trinajstić information content (AvgIpc) is 3.21. The molecule has 0 aromatic heterocycles. The summed E-state index contributed by atoms with van der Waals surface area (Å²) in [7, 11) is 0. The van der Waals surface area contributed by atoms with Gasteiger partial charge in [-0.1, -0.05) is 0 Å². The van der Waals surface area contributed by atoms with Crippen molar-refractivity contribution < 1.29 is 48.3 Å². The van der Waals surface area contributed by atoms with Crippen LogP contribution in [0.1, 0.15) is 47.0 Å². The largest absolute Gasteiger partial charge is 0.461 e. The molecule has 0 unspecified atom stereocenters. The van der Waals surface area contributed by atoms with Crippen molar-refractivity contribution in [2.75, 3.05) is 6.61 Å². The summed E-state index contributed by atoms with van der Waals surface area (Å²) in [6, 6.07) is 0. The van der Waals surface area contributed by atoms with Crippen LogP contribution in [0.15, 0.2) is 11.1 Å². The van der Waals surface area contributed by atoms with Crippen LogP contribution in [0.5, 0.6) is 0 Å². The molecule has 3 aliphatic rings. The summed E-state index contributed by atoms with van der Waals surface area (Å²) >= 11 is 0. The molecule has 10 heteroatoms. The lowest BCUT2D eigenvalue weighted by atomic mass is 9.79. The van der Waals surface area contributed by atoms with Gasteiger partial charge in [0.1, 0.15) is 18.3 Å². The molecule has 5 atom stereocenters. The summed E-state index contributed by atoms with van der Waals surface area (Å²) < 4.78 is 21.3. The van der Waals surface area contributed by atoms with Crippen LogP contribution in [0.4, 0.5) is 0 Å². The first kappa shape index (κ1) is 21.4. The fourth-order valence-electron chi connectivity index (χ4n) is 3.91. The first-order chi connectivity index (χ1) is 13.3. The smallest absolute Gasteiger partial charge is 0.340 e. The highest BCUT2D eigenvalue weighted by Crippen LogP contribution is 2.57. The van der Waals surface area contributed by atoms with Gasteiger partial charge < -0.3 is 29.2 Å². The van der Waals surface area contributed by atoms with E-state index < -0.39 is 59.5 Å². The second-order valence-electron chi connectivity index (χ2n) is 8.08. The number of carbonyl (C=O) groups excluding carboxylic acids is 4. The maximum Gasteiger partial charge on any atom is 0.340 e. The van der Waals surface area contributed by atoms with Gasteiger partial charge in [-0.2, -0.15) is 0 Å². The Morgan fingerprint density at radius 2 is 1.83 bits per heavy atom. The molecule has 0 bridgehead atoms. The highest BCUT2D eigenvalue weighted by molar-refractivity contribution is 5.95. The lowest BCUT2D eigenvalue weighted by Crippen LogP contribution is -2.47. The van der Waals surface area contributed by atoms with Crippen molar-refractivity contribution >= 4 is 23.7 Å². The molecular weight excluding hydrogens is 388 g/mol. The van der Waals surface area contributed by atoms with E-state index in [-0.39, 0.29) is 30.4 Å². The van der Waals surface area contributed by atoms with Crippen molar-refractivity contribution in [1.82, 2.24) is 0 Å². The van der Waals surface area contributed by atoms with Gasteiger partial charge in [0.05, 0.1) is 16.7 Å². The van der Waals surface area contributed by atoms with E-state index in [0.717, 1.165) is 13.8 Å². The Balaban J connectivity index is 2.14. The minimum atomic E-state index is -1.91. The molecule has 1 saturated carbocycles. The van der Waals surface area contributed by atoms with Crippen LogP contribution in [-0.2, 0) is 38.1 Å². The van der Waals surface area contributed by atoms with Crippen LogP contribution in [0.2, 0.25) is 0 Å². The summed E-state index contributed by atoms with van der Waals surface area (Å²) in [4.78, 5) is 48.0. The SMILES string of the molecule is CC(=O)OCC1=C2[C@@H](OC(C)=O)C[C@@](C)(O)C(=O)CC[C@@](C)(O)[C@H]3O[C@]23OC1=O. The van der Waals surface area contributed by atoms with Crippen LogP contribution in [0.25, 0.3) is 0 Å². The third kappa shape index (κ3) is 3.79. The van der Waals surface area contributed by atoms with Crippen molar-refractivity contribution in [3.05, 3.63) is 11.1 Å². The lowest BCUT2D eigenvalue weighted by molar-refractivity contribution is -0.154. The minimum absolute atomic E-state index is 0.0270. The summed E-state index contributed by atoms with van der Waals surface area (Å²) in [6.45, 7) is 4.50.